The van der Waals surface area contributed by atoms with Crippen molar-refractivity contribution < 1.29 is 27.1 Å². The Hall–Kier alpha value is -0.720. The number of aliphatic carboxylic acids is 1. The van der Waals surface area contributed by atoms with E-state index in [1.165, 1.54) is 0 Å². The summed E-state index contributed by atoms with van der Waals surface area (Å²) in [6, 6.07) is 0. The molecule has 1 N–H and O–H groups in total. The van der Waals surface area contributed by atoms with Gasteiger partial charge in [-0.05, 0) is 0 Å². The van der Waals surface area contributed by atoms with Crippen molar-refractivity contribution in [2.75, 3.05) is 5.75 Å². The molecule has 0 heterocycles. The molecule has 1 atom stereocenters. The van der Waals surface area contributed by atoms with Crippen LogP contribution in [0.15, 0.2) is 0 Å². The molecule has 0 radical (unpaired) electrons. The maximum absolute atomic E-state index is 11.7. The van der Waals surface area contributed by atoms with Gasteiger partial charge in [-0.25, -0.2) is 8.42 Å². The molecule has 0 rings (SSSR count). The van der Waals surface area contributed by atoms with Gasteiger partial charge in [-0.3, -0.25) is 4.79 Å². The lowest BCUT2D eigenvalue weighted by Crippen LogP contribution is -2.25. The Morgan fingerprint density at radius 2 is 1.92 bits per heavy atom. The molecule has 0 aliphatic heterocycles. The van der Waals surface area contributed by atoms with Gasteiger partial charge in [0.25, 0.3) is 0 Å². The van der Waals surface area contributed by atoms with Crippen LogP contribution in [0.3, 0.4) is 0 Å². The molecule has 0 saturated carbocycles. The summed E-state index contributed by atoms with van der Waals surface area (Å²) in [7, 11) is -4.56. The summed E-state index contributed by atoms with van der Waals surface area (Å²) in [6.45, 7) is 1.06. The predicted molar refractivity (Wildman–Crippen MR) is 36.6 cm³/mol. The van der Waals surface area contributed by atoms with Crippen LogP contribution in [-0.2, 0) is 14.6 Å². The first-order valence-electron chi connectivity index (χ1n) is 3.00. The molecule has 0 saturated heterocycles. The van der Waals surface area contributed by atoms with Gasteiger partial charge in [0.2, 0.25) is 9.84 Å². The van der Waals surface area contributed by atoms with E-state index in [0.29, 0.717) is 0 Å². The van der Waals surface area contributed by atoms with Crippen LogP contribution in [0.25, 0.3) is 0 Å². The van der Waals surface area contributed by atoms with E-state index in [2.05, 4.69) is 0 Å². The predicted octanol–water partition coefficient (Wildman–Crippen LogP) is 0.345. The van der Waals surface area contributed by atoms with Crippen LogP contribution in [0.5, 0.6) is 0 Å². The van der Waals surface area contributed by atoms with Gasteiger partial charge >= 0.3 is 11.7 Å². The van der Waals surface area contributed by atoms with Crippen molar-refractivity contribution in [3.8, 4) is 0 Å². The van der Waals surface area contributed by atoms with Gasteiger partial charge in [-0.15, -0.1) is 0 Å². The Balaban J connectivity index is 4.37. The molecule has 0 amide bonds. The zero-order chi connectivity index (χ0) is 9.94. The molecule has 0 aromatic rings. The number of sulfone groups is 1. The highest BCUT2D eigenvalue weighted by atomic mass is 32.2. The highest BCUT2D eigenvalue weighted by molar-refractivity contribution is 7.91. The normalized spacial score (nSPS) is 14.7. The lowest BCUT2D eigenvalue weighted by molar-refractivity contribution is -0.140. The zero-order valence-electron chi connectivity index (χ0n) is 6.20. The summed E-state index contributed by atoms with van der Waals surface area (Å²) in [6.07, 6.45) is 0. The number of halogens is 2. The highest BCUT2D eigenvalue weighted by Crippen LogP contribution is 2.10. The molecule has 72 valence electrons. The van der Waals surface area contributed by atoms with E-state index in [1.807, 2.05) is 0 Å². The topological polar surface area (TPSA) is 71.4 Å². The minimum Gasteiger partial charge on any atom is -0.481 e. The third kappa shape index (κ3) is 3.12. The summed E-state index contributed by atoms with van der Waals surface area (Å²) < 4.78 is 44.2. The van der Waals surface area contributed by atoms with Gasteiger partial charge in [-0.2, -0.15) is 8.78 Å². The molecule has 12 heavy (non-hydrogen) atoms. The van der Waals surface area contributed by atoms with Crippen molar-refractivity contribution in [1.82, 2.24) is 0 Å². The fourth-order valence-corrected chi connectivity index (χ4v) is 1.48. The number of rotatable bonds is 4. The molecule has 7 heteroatoms. The number of carboxylic acid groups (broad SMARTS) is 1. The SMILES string of the molecule is CC(CS(=O)(=O)C(F)F)C(=O)O. The van der Waals surface area contributed by atoms with E-state index in [1.54, 1.807) is 0 Å². The smallest absolute Gasteiger partial charge is 0.336 e. The van der Waals surface area contributed by atoms with Crippen LogP contribution in [0.1, 0.15) is 6.92 Å². The summed E-state index contributed by atoms with van der Waals surface area (Å²) >= 11 is 0. The number of carbonyl (C=O) groups is 1. The van der Waals surface area contributed by atoms with Crippen LogP contribution in [0, 0.1) is 5.92 Å². The van der Waals surface area contributed by atoms with Crippen LogP contribution >= 0.6 is 0 Å². The van der Waals surface area contributed by atoms with Crippen LogP contribution in [0.4, 0.5) is 8.78 Å². The summed E-state index contributed by atoms with van der Waals surface area (Å²) in [4.78, 5) is 10.1. The van der Waals surface area contributed by atoms with E-state index in [4.69, 9.17) is 5.11 Å². The summed E-state index contributed by atoms with van der Waals surface area (Å²) in [5.41, 5.74) is 0. The third-order valence-corrected chi connectivity index (χ3v) is 2.68. The van der Waals surface area contributed by atoms with E-state index in [-0.39, 0.29) is 0 Å². The van der Waals surface area contributed by atoms with Crippen molar-refractivity contribution in [1.29, 1.82) is 0 Å². The second-order valence-corrected chi connectivity index (χ2v) is 4.34. The second kappa shape index (κ2) is 3.79. The number of hydrogen-bond donors (Lipinski definition) is 1. The summed E-state index contributed by atoms with van der Waals surface area (Å²) in [5.74, 6) is -7.23. The average molecular weight is 202 g/mol. The minimum absolute atomic E-state index is 1.03. The van der Waals surface area contributed by atoms with Gasteiger partial charge in [0.1, 0.15) is 0 Å². The lowest BCUT2D eigenvalue weighted by Gasteiger charge is -2.05. The van der Waals surface area contributed by atoms with Crippen molar-refractivity contribution in [2.24, 2.45) is 5.92 Å². The molecule has 0 fully saturated rings. The largest absolute Gasteiger partial charge is 0.481 e. The van der Waals surface area contributed by atoms with Crippen molar-refractivity contribution >= 4 is 15.8 Å². The lowest BCUT2D eigenvalue weighted by atomic mass is 10.2. The zero-order valence-corrected chi connectivity index (χ0v) is 7.01. The Bertz CT molecular complexity index is 259. The van der Waals surface area contributed by atoms with Gasteiger partial charge in [0.05, 0.1) is 11.7 Å². The molecule has 0 aromatic carbocycles. The molecular weight excluding hydrogens is 194 g/mol. The molecule has 0 aliphatic rings. The van der Waals surface area contributed by atoms with Crippen molar-refractivity contribution in [3.05, 3.63) is 0 Å². The van der Waals surface area contributed by atoms with Gasteiger partial charge in [0, 0.05) is 0 Å². The quantitative estimate of drug-likeness (QED) is 0.713. The number of carboxylic acids is 1. The second-order valence-electron chi connectivity index (χ2n) is 2.33. The fraction of sp³-hybridized carbons (Fsp3) is 0.800. The highest BCUT2D eigenvalue weighted by Gasteiger charge is 2.28. The monoisotopic (exact) mass is 202 g/mol. The van der Waals surface area contributed by atoms with Crippen molar-refractivity contribution in [3.63, 3.8) is 0 Å². The van der Waals surface area contributed by atoms with Crippen LogP contribution < -0.4 is 0 Å². The molecule has 0 aromatic heterocycles. The maximum atomic E-state index is 11.7. The average Bonchev–Trinajstić information content (AvgIpc) is 1.85. The van der Waals surface area contributed by atoms with Gasteiger partial charge in [-0.1, -0.05) is 6.92 Å². The Labute approximate surface area is 68.1 Å². The molecule has 0 bridgehead atoms. The Morgan fingerprint density at radius 3 is 2.17 bits per heavy atom. The maximum Gasteiger partial charge on any atom is 0.336 e. The van der Waals surface area contributed by atoms with E-state index >= 15 is 0 Å². The first-order valence-corrected chi connectivity index (χ1v) is 4.71. The van der Waals surface area contributed by atoms with Crippen LogP contribution in [-0.4, -0.2) is 31.0 Å². The Morgan fingerprint density at radius 1 is 1.50 bits per heavy atom. The molecular formula is C5H8F2O4S. The van der Waals surface area contributed by atoms with E-state index in [9.17, 15) is 22.0 Å². The third-order valence-electron chi connectivity index (χ3n) is 1.18. The van der Waals surface area contributed by atoms with E-state index in [0.717, 1.165) is 6.92 Å². The Kier molecular flexibility index (Phi) is 3.56. The number of hydrogen-bond acceptors (Lipinski definition) is 3. The molecule has 0 spiro atoms. The van der Waals surface area contributed by atoms with E-state index < -0.39 is 33.2 Å². The van der Waals surface area contributed by atoms with Crippen LogP contribution in [0.2, 0.25) is 0 Å². The first kappa shape index (κ1) is 11.3. The number of alkyl halides is 2. The molecule has 4 nitrogen and oxygen atoms in total. The molecule has 1 unspecified atom stereocenters. The summed E-state index contributed by atoms with van der Waals surface area (Å²) in [5, 5.41) is 8.22. The fourth-order valence-electron chi connectivity index (χ4n) is 0.492. The first-order chi connectivity index (χ1) is 5.27. The van der Waals surface area contributed by atoms with Crippen molar-refractivity contribution in [2.45, 2.75) is 12.7 Å². The minimum atomic E-state index is -4.56. The van der Waals surface area contributed by atoms with Gasteiger partial charge < -0.3 is 5.11 Å². The van der Waals surface area contributed by atoms with Gasteiger partial charge in [0.15, 0.2) is 0 Å². The standard InChI is InChI=1S/C5H8F2O4S/c1-3(4(8)9)2-12(10,11)5(6)7/h3,5H,2H2,1H3,(H,8,9). The molecule has 0 aliphatic carbocycles.